The summed E-state index contributed by atoms with van der Waals surface area (Å²) in [5.74, 6) is 0.462. The minimum Gasteiger partial charge on any atom is -0.364 e. The maximum atomic E-state index is 12.2. The highest BCUT2D eigenvalue weighted by Gasteiger charge is 2.28. The number of hydrogen-bond donors (Lipinski definition) is 0. The first kappa shape index (κ1) is 14.7. The highest BCUT2D eigenvalue weighted by molar-refractivity contribution is 5.92. The maximum Gasteiger partial charge on any atom is 0.276 e. The fourth-order valence-electron chi connectivity index (χ4n) is 2.96. The van der Waals surface area contributed by atoms with Gasteiger partial charge in [-0.15, -0.1) is 0 Å². The largest absolute Gasteiger partial charge is 0.364 e. The van der Waals surface area contributed by atoms with Crippen molar-refractivity contribution >= 4 is 5.91 Å². The Balaban J connectivity index is 1.49. The number of amides is 1. The molecule has 1 aliphatic rings. The Bertz CT molecular complexity index is 600. The number of aromatic nitrogens is 2. The molecule has 6 heteroatoms. The summed E-state index contributed by atoms with van der Waals surface area (Å²) in [6.07, 6.45) is 6.14. The van der Waals surface area contributed by atoms with E-state index in [1.54, 1.807) is 12.3 Å². The third-order valence-corrected chi connectivity index (χ3v) is 3.98. The molecule has 1 fully saturated rings. The molecular formula is C16H20N4O2. The molecule has 0 saturated carbocycles. The van der Waals surface area contributed by atoms with Crippen LogP contribution < -0.4 is 0 Å². The van der Waals surface area contributed by atoms with Crippen LogP contribution in [0.2, 0.25) is 0 Å². The minimum atomic E-state index is -0.0360. The van der Waals surface area contributed by atoms with Crippen LogP contribution in [0.3, 0.4) is 0 Å². The van der Waals surface area contributed by atoms with E-state index in [2.05, 4.69) is 28.2 Å². The number of carbonyl (C=O) groups is 1. The second-order valence-electron chi connectivity index (χ2n) is 5.85. The average molecular weight is 300 g/mol. The molecule has 0 aromatic carbocycles. The van der Waals surface area contributed by atoms with E-state index in [0.29, 0.717) is 11.6 Å². The van der Waals surface area contributed by atoms with Gasteiger partial charge in [0.2, 0.25) is 0 Å². The molecular weight excluding hydrogens is 280 g/mol. The standard InChI is InChI=1S/C16H20N4O2/c1-19(10-13-3-2-6-17-9-13)11-14-4-7-20(12-14)16(21)15-5-8-22-18-15/h2-3,5-6,8-9,14H,4,7,10-12H2,1H3/t14-/m0/s1. The van der Waals surface area contributed by atoms with Crippen LogP contribution in [-0.2, 0) is 6.54 Å². The molecule has 1 saturated heterocycles. The van der Waals surface area contributed by atoms with Crippen molar-refractivity contribution in [1.82, 2.24) is 19.9 Å². The lowest BCUT2D eigenvalue weighted by atomic mass is 10.1. The molecule has 0 aliphatic carbocycles. The van der Waals surface area contributed by atoms with Crippen LogP contribution in [0.5, 0.6) is 0 Å². The lowest BCUT2D eigenvalue weighted by Crippen LogP contribution is -2.31. The van der Waals surface area contributed by atoms with Crippen LogP contribution in [0.1, 0.15) is 22.5 Å². The van der Waals surface area contributed by atoms with Gasteiger partial charge in [0.1, 0.15) is 6.26 Å². The summed E-state index contributed by atoms with van der Waals surface area (Å²) in [7, 11) is 2.11. The van der Waals surface area contributed by atoms with Crippen molar-refractivity contribution in [1.29, 1.82) is 0 Å². The Kier molecular flexibility index (Phi) is 4.48. The molecule has 2 aromatic heterocycles. The van der Waals surface area contributed by atoms with Crippen molar-refractivity contribution in [2.24, 2.45) is 5.92 Å². The van der Waals surface area contributed by atoms with Gasteiger partial charge in [-0.2, -0.15) is 0 Å². The van der Waals surface area contributed by atoms with Gasteiger partial charge >= 0.3 is 0 Å². The minimum absolute atomic E-state index is 0.0360. The number of nitrogens with zero attached hydrogens (tertiary/aromatic N) is 4. The summed E-state index contributed by atoms with van der Waals surface area (Å²) in [4.78, 5) is 20.5. The summed E-state index contributed by atoms with van der Waals surface area (Å²) < 4.78 is 4.74. The Morgan fingerprint density at radius 3 is 3.14 bits per heavy atom. The van der Waals surface area contributed by atoms with Gasteiger partial charge in [0.25, 0.3) is 5.91 Å². The topological polar surface area (TPSA) is 62.5 Å². The van der Waals surface area contributed by atoms with Crippen molar-refractivity contribution in [2.45, 2.75) is 13.0 Å². The predicted molar refractivity (Wildman–Crippen MR) is 81.1 cm³/mol. The fourth-order valence-corrected chi connectivity index (χ4v) is 2.96. The summed E-state index contributed by atoms with van der Waals surface area (Å²) in [5, 5.41) is 3.72. The van der Waals surface area contributed by atoms with E-state index in [4.69, 9.17) is 4.52 Å². The van der Waals surface area contributed by atoms with Crippen LogP contribution in [0.15, 0.2) is 41.4 Å². The van der Waals surface area contributed by atoms with Crippen LogP contribution in [0, 0.1) is 5.92 Å². The summed E-state index contributed by atoms with van der Waals surface area (Å²) >= 11 is 0. The Morgan fingerprint density at radius 2 is 2.41 bits per heavy atom. The van der Waals surface area contributed by atoms with Crippen LogP contribution in [0.4, 0.5) is 0 Å². The molecule has 1 atom stereocenters. The zero-order valence-electron chi connectivity index (χ0n) is 12.7. The third kappa shape index (κ3) is 3.51. The first-order chi connectivity index (χ1) is 10.7. The lowest BCUT2D eigenvalue weighted by molar-refractivity contribution is 0.0774. The Hall–Kier alpha value is -2.21. The van der Waals surface area contributed by atoms with Gasteiger partial charge in [0.05, 0.1) is 0 Å². The molecule has 0 bridgehead atoms. The molecule has 22 heavy (non-hydrogen) atoms. The van der Waals surface area contributed by atoms with Gasteiger partial charge in [-0.3, -0.25) is 9.78 Å². The normalized spacial score (nSPS) is 18.1. The fraction of sp³-hybridized carbons (Fsp3) is 0.438. The number of likely N-dealkylation sites (tertiary alicyclic amines) is 1. The molecule has 0 radical (unpaired) electrons. The molecule has 6 nitrogen and oxygen atoms in total. The molecule has 1 amide bonds. The van der Waals surface area contributed by atoms with Crippen LogP contribution in [-0.4, -0.2) is 52.5 Å². The molecule has 1 aliphatic heterocycles. The summed E-state index contributed by atoms with van der Waals surface area (Å²) in [6.45, 7) is 3.42. The van der Waals surface area contributed by atoms with Crippen molar-refractivity contribution in [3.05, 3.63) is 48.1 Å². The average Bonchev–Trinajstić information content (AvgIpc) is 3.19. The second kappa shape index (κ2) is 6.70. The van der Waals surface area contributed by atoms with Gasteiger partial charge in [-0.05, 0) is 31.0 Å². The molecule has 0 unspecified atom stereocenters. The molecule has 3 heterocycles. The monoisotopic (exact) mass is 300 g/mol. The van der Waals surface area contributed by atoms with Gasteiger partial charge in [0.15, 0.2) is 5.69 Å². The maximum absolute atomic E-state index is 12.2. The highest BCUT2D eigenvalue weighted by Crippen LogP contribution is 2.19. The van der Waals surface area contributed by atoms with Crippen LogP contribution >= 0.6 is 0 Å². The number of rotatable bonds is 5. The molecule has 0 N–H and O–H groups in total. The van der Waals surface area contributed by atoms with E-state index in [-0.39, 0.29) is 5.91 Å². The second-order valence-corrected chi connectivity index (χ2v) is 5.85. The van der Waals surface area contributed by atoms with Crippen LogP contribution in [0.25, 0.3) is 0 Å². The summed E-state index contributed by atoms with van der Waals surface area (Å²) in [5.41, 5.74) is 1.60. The van der Waals surface area contributed by atoms with Crippen molar-refractivity contribution in [2.75, 3.05) is 26.7 Å². The Labute approximate surface area is 129 Å². The van der Waals surface area contributed by atoms with Gasteiger partial charge in [-0.1, -0.05) is 11.2 Å². The number of hydrogen-bond acceptors (Lipinski definition) is 5. The van der Waals surface area contributed by atoms with Crippen molar-refractivity contribution < 1.29 is 9.32 Å². The van der Waals surface area contributed by atoms with Gasteiger partial charge in [0, 0.05) is 44.6 Å². The van der Waals surface area contributed by atoms with Gasteiger partial charge < -0.3 is 14.3 Å². The predicted octanol–water partition coefficient (Wildman–Crippen LogP) is 1.66. The van der Waals surface area contributed by atoms with E-state index < -0.39 is 0 Å². The lowest BCUT2D eigenvalue weighted by Gasteiger charge is -2.21. The van der Waals surface area contributed by atoms with Crippen molar-refractivity contribution in [3.63, 3.8) is 0 Å². The van der Waals surface area contributed by atoms with E-state index >= 15 is 0 Å². The molecule has 2 aromatic rings. The van der Waals surface area contributed by atoms with Gasteiger partial charge in [-0.25, -0.2) is 0 Å². The Morgan fingerprint density at radius 1 is 1.50 bits per heavy atom. The highest BCUT2D eigenvalue weighted by atomic mass is 16.5. The zero-order chi connectivity index (χ0) is 15.4. The number of carbonyl (C=O) groups excluding carboxylic acids is 1. The zero-order valence-corrected chi connectivity index (χ0v) is 12.7. The number of pyridine rings is 1. The molecule has 116 valence electrons. The van der Waals surface area contributed by atoms with E-state index in [9.17, 15) is 4.79 Å². The summed E-state index contributed by atoms with van der Waals surface area (Å²) in [6, 6.07) is 5.65. The first-order valence-electron chi connectivity index (χ1n) is 7.49. The first-order valence-corrected chi connectivity index (χ1v) is 7.49. The van der Waals surface area contributed by atoms with Crippen molar-refractivity contribution in [3.8, 4) is 0 Å². The van der Waals surface area contributed by atoms with E-state index in [0.717, 1.165) is 32.6 Å². The molecule has 0 spiro atoms. The third-order valence-electron chi connectivity index (χ3n) is 3.98. The SMILES string of the molecule is CN(Cc1cccnc1)C[C@@H]1CCN(C(=O)c2ccon2)C1. The van der Waals surface area contributed by atoms with E-state index in [1.807, 2.05) is 17.2 Å². The molecule has 3 rings (SSSR count). The van der Waals surface area contributed by atoms with E-state index in [1.165, 1.54) is 11.8 Å². The quantitative estimate of drug-likeness (QED) is 0.840. The smallest absolute Gasteiger partial charge is 0.276 e.